The Kier molecular flexibility index (Phi) is 10.2. The largest absolute Gasteiger partial charge is 1.00 e. The van der Waals surface area contributed by atoms with E-state index in [9.17, 15) is 28.0 Å². The predicted octanol–water partition coefficient (Wildman–Crippen LogP) is -5.45. The van der Waals surface area contributed by atoms with Gasteiger partial charge in [0, 0.05) is 41.5 Å². The van der Waals surface area contributed by atoms with Crippen molar-refractivity contribution in [2.75, 3.05) is 17.2 Å². The first kappa shape index (κ1) is 26.2. The number of phenolic OH excluding ortho intramolecular Hbond substituents is 1. The number of nitrogens with zero attached hydrogens (tertiary/aromatic N) is 1. The van der Waals surface area contributed by atoms with Crippen LogP contribution in [-0.2, 0) is 14.9 Å². The number of carboxylic acids is 1. The molecule has 1 heterocycles. The van der Waals surface area contributed by atoms with Gasteiger partial charge in [-0.1, -0.05) is 6.07 Å². The Labute approximate surface area is 198 Å². The van der Waals surface area contributed by atoms with Gasteiger partial charge in [-0.15, -0.1) is 0 Å². The van der Waals surface area contributed by atoms with Crippen LogP contribution in [0.1, 0.15) is 44.6 Å². The maximum absolute atomic E-state index is 11.2. The SMILES string of the molecule is CC1(C)CC(CS(=O)(=O)[O-])c2ccc(O)cc2N1CCCC(=O)[O-].[Na+].[Na+]. The average Bonchev–Trinajstić information content (AvgIpc) is 2.39. The Morgan fingerprint density at radius 2 is 1.96 bits per heavy atom. The minimum absolute atomic E-state index is 0. The molecule has 1 atom stereocenters. The molecule has 1 N–H and O–H groups in total. The predicted molar refractivity (Wildman–Crippen MR) is 85.7 cm³/mol. The zero-order valence-electron chi connectivity index (χ0n) is 15.7. The number of phenols is 1. The number of carbonyl (C=O) groups is 1. The molecule has 0 fully saturated rings. The quantitative estimate of drug-likeness (QED) is 0.373. The van der Waals surface area contributed by atoms with Gasteiger partial charge in [0.15, 0.2) is 0 Å². The first-order chi connectivity index (χ1) is 11.0. The zero-order chi connectivity index (χ0) is 18.1. The minimum Gasteiger partial charge on any atom is -0.748 e. The number of carbonyl (C=O) groups excluding carboxylic acids is 1. The van der Waals surface area contributed by atoms with Gasteiger partial charge in [0.25, 0.3) is 0 Å². The molecule has 0 saturated carbocycles. The van der Waals surface area contributed by atoms with E-state index in [4.69, 9.17) is 0 Å². The van der Waals surface area contributed by atoms with E-state index < -0.39 is 33.3 Å². The monoisotopic (exact) mass is 401 g/mol. The summed E-state index contributed by atoms with van der Waals surface area (Å²) in [5, 5.41) is 20.4. The van der Waals surface area contributed by atoms with Crippen molar-refractivity contribution in [1.29, 1.82) is 0 Å². The minimum atomic E-state index is -4.39. The molecule has 0 saturated heterocycles. The summed E-state index contributed by atoms with van der Waals surface area (Å²) in [6, 6.07) is 4.61. The number of aromatic hydroxyl groups is 1. The van der Waals surface area contributed by atoms with Crippen LogP contribution >= 0.6 is 0 Å². The molecule has 2 rings (SSSR count). The molecule has 7 nitrogen and oxygen atoms in total. The molecular formula is C16H21NNa2O6S. The molecule has 1 aliphatic heterocycles. The molecule has 134 valence electrons. The fourth-order valence-electron chi connectivity index (χ4n) is 3.46. The van der Waals surface area contributed by atoms with Crippen LogP contribution in [0.4, 0.5) is 5.69 Å². The second-order valence-corrected chi connectivity index (χ2v) is 8.26. The second kappa shape index (κ2) is 10.1. The number of rotatable bonds is 6. The number of hydrogen-bond acceptors (Lipinski definition) is 7. The number of fused-ring (bicyclic) bond motifs is 1. The van der Waals surface area contributed by atoms with Crippen molar-refractivity contribution >= 4 is 21.8 Å². The maximum atomic E-state index is 11.2. The first-order valence-corrected chi connectivity index (χ1v) is 9.31. The molecule has 1 aliphatic rings. The normalized spacial score (nSPS) is 18.3. The van der Waals surface area contributed by atoms with Crippen LogP contribution in [0.2, 0.25) is 0 Å². The third kappa shape index (κ3) is 6.98. The Hall–Kier alpha value is 0.200. The molecule has 10 heteroatoms. The van der Waals surface area contributed by atoms with Gasteiger partial charge in [0.05, 0.1) is 10.1 Å². The summed E-state index contributed by atoms with van der Waals surface area (Å²) in [7, 11) is -4.39. The molecular weight excluding hydrogens is 380 g/mol. The smallest absolute Gasteiger partial charge is 0.748 e. The first-order valence-electron chi connectivity index (χ1n) is 7.73. The van der Waals surface area contributed by atoms with Crippen LogP contribution < -0.4 is 69.1 Å². The molecule has 0 aliphatic carbocycles. The van der Waals surface area contributed by atoms with Gasteiger partial charge in [-0.2, -0.15) is 0 Å². The van der Waals surface area contributed by atoms with E-state index in [-0.39, 0.29) is 71.3 Å². The Balaban J connectivity index is 0.00000312. The van der Waals surface area contributed by atoms with Gasteiger partial charge in [0.2, 0.25) is 0 Å². The topological polar surface area (TPSA) is 121 Å². The maximum Gasteiger partial charge on any atom is 1.00 e. The van der Waals surface area contributed by atoms with E-state index in [1.165, 1.54) is 12.1 Å². The van der Waals surface area contributed by atoms with E-state index in [1.54, 1.807) is 6.07 Å². The molecule has 1 aromatic rings. The number of hydrogen-bond donors (Lipinski definition) is 1. The third-order valence-electron chi connectivity index (χ3n) is 4.39. The summed E-state index contributed by atoms with van der Waals surface area (Å²) in [6.07, 6.45) is 0.724. The van der Waals surface area contributed by atoms with Crippen LogP contribution in [0, 0.1) is 0 Å². The van der Waals surface area contributed by atoms with Crippen molar-refractivity contribution in [3.63, 3.8) is 0 Å². The van der Waals surface area contributed by atoms with Crippen molar-refractivity contribution in [1.82, 2.24) is 0 Å². The summed E-state index contributed by atoms with van der Waals surface area (Å²) in [5.74, 6) is -2.06. The summed E-state index contributed by atoms with van der Waals surface area (Å²) < 4.78 is 33.7. The Morgan fingerprint density at radius 3 is 2.50 bits per heavy atom. The summed E-state index contributed by atoms with van der Waals surface area (Å²) in [4.78, 5) is 12.6. The number of aliphatic carboxylic acids is 1. The van der Waals surface area contributed by atoms with E-state index >= 15 is 0 Å². The van der Waals surface area contributed by atoms with Gasteiger partial charge in [-0.25, -0.2) is 8.42 Å². The molecule has 1 aromatic carbocycles. The van der Waals surface area contributed by atoms with Crippen molar-refractivity contribution in [3.05, 3.63) is 23.8 Å². The summed E-state index contributed by atoms with van der Waals surface area (Å²) in [5.41, 5.74) is 0.834. The Morgan fingerprint density at radius 1 is 1.35 bits per heavy atom. The fourth-order valence-corrected chi connectivity index (χ4v) is 4.25. The fraction of sp³-hybridized carbons (Fsp3) is 0.562. The van der Waals surface area contributed by atoms with Crippen molar-refractivity contribution < 1.29 is 87.1 Å². The number of anilines is 1. The van der Waals surface area contributed by atoms with E-state index in [0.717, 1.165) is 0 Å². The molecule has 0 radical (unpaired) electrons. The van der Waals surface area contributed by atoms with Gasteiger partial charge < -0.3 is 24.5 Å². The number of benzene rings is 1. The van der Waals surface area contributed by atoms with Crippen molar-refractivity contribution in [2.45, 2.75) is 44.6 Å². The molecule has 26 heavy (non-hydrogen) atoms. The van der Waals surface area contributed by atoms with Gasteiger partial charge in [-0.3, -0.25) is 0 Å². The third-order valence-corrected chi connectivity index (χ3v) is 5.20. The van der Waals surface area contributed by atoms with Crippen LogP contribution in [-0.4, -0.2) is 41.9 Å². The standard InChI is InChI=1S/C16H23NO6S.2Na/c1-16(2)9-11(10-24(21,22)23)13-6-5-12(18)8-14(13)17(16)7-3-4-15(19)20;;/h5-6,8,11,18H,3-4,7,9-10H2,1-2H3,(H,19,20)(H,21,22,23);;/q;2*+1/p-2. The van der Waals surface area contributed by atoms with Crippen LogP contribution in [0.15, 0.2) is 18.2 Å². The second-order valence-electron chi connectivity index (χ2n) is 6.81. The Bertz CT molecular complexity index is 738. The van der Waals surface area contributed by atoms with Crippen LogP contribution in [0.3, 0.4) is 0 Å². The van der Waals surface area contributed by atoms with Crippen molar-refractivity contribution in [3.8, 4) is 5.75 Å². The van der Waals surface area contributed by atoms with E-state index in [0.29, 0.717) is 30.6 Å². The van der Waals surface area contributed by atoms with Gasteiger partial charge in [0.1, 0.15) is 5.75 Å². The van der Waals surface area contributed by atoms with E-state index in [1.807, 2.05) is 18.7 Å². The number of carboxylic acid groups (broad SMARTS) is 1. The van der Waals surface area contributed by atoms with Crippen LogP contribution in [0.5, 0.6) is 5.75 Å². The summed E-state index contributed by atoms with van der Waals surface area (Å²) >= 11 is 0. The van der Waals surface area contributed by atoms with Gasteiger partial charge in [-0.05, 0) is 44.7 Å². The van der Waals surface area contributed by atoms with Gasteiger partial charge >= 0.3 is 59.1 Å². The molecule has 1 unspecified atom stereocenters. The average molecular weight is 401 g/mol. The molecule has 0 aromatic heterocycles. The molecule has 0 bridgehead atoms. The molecule has 0 amide bonds. The van der Waals surface area contributed by atoms with E-state index in [2.05, 4.69) is 0 Å². The van der Waals surface area contributed by atoms with Crippen molar-refractivity contribution in [2.24, 2.45) is 0 Å². The molecule has 0 spiro atoms. The van der Waals surface area contributed by atoms with Crippen LogP contribution in [0.25, 0.3) is 0 Å². The zero-order valence-corrected chi connectivity index (χ0v) is 20.5. The summed E-state index contributed by atoms with van der Waals surface area (Å²) in [6.45, 7) is 4.24.